The normalized spacial score (nSPS) is 18.4. The zero-order valence-corrected chi connectivity index (χ0v) is 15.3. The fourth-order valence-electron chi connectivity index (χ4n) is 3.75. The van der Waals surface area contributed by atoms with Gasteiger partial charge in [0.25, 0.3) is 5.91 Å². The van der Waals surface area contributed by atoms with Crippen LogP contribution in [0.25, 0.3) is 0 Å². The fourth-order valence-corrected chi connectivity index (χ4v) is 3.75. The van der Waals surface area contributed by atoms with Gasteiger partial charge in [0.1, 0.15) is 0 Å². The van der Waals surface area contributed by atoms with E-state index in [2.05, 4.69) is 10.3 Å². The number of hydrogen-bond donors (Lipinski definition) is 2. The second-order valence-corrected chi connectivity index (χ2v) is 6.98. The lowest BCUT2D eigenvalue weighted by Gasteiger charge is -2.32. The van der Waals surface area contributed by atoms with Gasteiger partial charge in [0.15, 0.2) is 11.5 Å². The highest BCUT2D eigenvalue weighted by atomic mass is 16.7. The van der Waals surface area contributed by atoms with Crippen LogP contribution in [0, 0.1) is 0 Å². The second kappa shape index (κ2) is 7.34. The van der Waals surface area contributed by atoms with E-state index in [4.69, 9.17) is 9.47 Å². The van der Waals surface area contributed by atoms with Gasteiger partial charge in [0, 0.05) is 44.4 Å². The summed E-state index contributed by atoms with van der Waals surface area (Å²) in [6, 6.07) is 7.45. The summed E-state index contributed by atoms with van der Waals surface area (Å²) >= 11 is 0. The van der Waals surface area contributed by atoms with Gasteiger partial charge in [-0.05, 0) is 36.6 Å². The summed E-state index contributed by atoms with van der Waals surface area (Å²) in [5.74, 6) is 1.55. The number of likely N-dealkylation sites (tertiary alicyclic amines) is 1. The van der Waals surface area contributed by atoms with E-state index >= 15 is 0 Å². The van der Waals surface area contributed by atoms with Crippen LogP contribution in [0.1, 0.15) is 47.3 Å². The maximum absolute atomic E-state index is 12.7. The molecule has 7 nitrogen and oxygen atoms in total. The lowest BCUT2D eigenvalue weighted by molar-refractivity contribution is -0.130. The van der Waals surface area contributed by atoms with Crippen LogP contribution in [-0.2, 0) is 11.3 Å². The highest BCUT2D eigenvalue weighted by Crippen LogP contribution is 2.32. The number of H-pyrrole nitrogens is 1. The molecule has 2 aliphatic heterocycles. The molecule has 2 N–H and O–H groups in total. The molecule has 0 aliphatic carbocycles. The van der Waals surface area contributed by atoms with Gasteiger partial charge in [-0.15, -0.1) is 0 Å². The third-order valence-corrected chi connectivity index (χ3v) is 5.19. The molecule has 4 rings (SSSR count). The Balaban J connectivity index is 1.42. The molecule has 142 valence electrons. The van der Waals surface area contributed by atoms with Crippen molar-refractivity contribution in [2.24, 2.45) is 0 Å². The van der Waals surface area contributed by atoms with Crippen LogP contribution in [0.4, 0.5) is 0 Å². The minimum Gasteiger partial charge on any atom is -0.454 e. The standard InChI is InChI=1S/C20H23N3O4/c1-13(24)23-8-2-3-15(11-23)19-16(6-7-21-19)20(25)22-10-14-4-5-17-18(9-14)27-12-26-17/h4-7,9,15,21H,2-3,8,10-12H2,1H3,(H,22,25). The van der Waals surface area contributed by atoms with Crippen LogP contribution in [-0.4, -0.2) is 41.6 Å². The zero-order chi connectivity index (χ0) is 18.8. The van der Waals surface area contributed by atoms with E-state index in [9.17, 15) is 9.59 Å². The van der Waals surface area contributed by atoms with E-state index in [1.54, 1.807) is 19.2 Å². The Morgan fingerprint density at radius 1 is 1.26 bits per heavy atom. The minimum absolute atomic E-state index is 0.0834. The SMILES string of the molecule is CC(=O)N1CCCC(c2[nH]ccc2C(=O)NCc2ccc3c(c2)OCO3)C1. The van der Waals surface area contributed by atoms with Crippen molar-refractivity contribution in [2.45, 2.75) is 32.2 Å². The summed E-state index contributed by atoms with van der Waals surface area (Å²) < 4.78 is 10.7. The molecule has 2 aromatic rings. The van der Waals surface area contributed by atoms with Gasteiger partial charge < -0.3 is 24.7 Å². The number of aromatic amines is 1. The monoisotopic (exact) mass is 369 g/mol. The highest BCUT2D eigenvalue weighted by Gasteiger charge is 2.27. The van der Waals surface area contributed by atoms with Crippen LogP contribution in [0.3, 0.4) is 0 Å². The average Bonchev–Trinajstić information content (AvgIpc) is 3.35. The number of piperidine rings is 1. The van der Waals surface area contributed by atoms with E-state index in [1.807, 2.05) is 23.1 Å². The van der Waals surface area contributed by atoms with Crippen molar-refractivity contribution >= 4 is 11.8 Å². The van der Waals surface area contributed by atoms with Gasteiger partial charge in [0.05, 0.1) is 5.56 Å². The van der Waals surface area contributed by atoms with Gasteiger partial charge in [-0.2, -0.15) is 0 Å². The van der Waals surface area contributed by atoms with Crippen molar-refractivity contribution in [2.75, 3.05) is 19.9 Å². The molecule has 1 unspecified atom stereocenters. The average molecular weight is 369 g/mol. The van der Waals surface area contributed by atoms with Crippen molar-refractivity contribution in [3.63, 3.8) is 0 Å². The van der Waals surface area contributed by atoms with Crippen molar-refractivity contribution in [1.29, 1.82) is 0 Å². The number of fused-ring (bicyclic) bond motifs is 1. The van der Waals surface area contributed by atoms with Crippen molar-refractivity contribution < 1.29 is 19.1 Å². The molecular formula is C20H23N3O4. The summed E-state index contributed by atoms with van der Waals surface area (Å²) in [6.45, 7) is 3.67. The molecule has 0 radical (unpaired) electrons. The lowest BCUT2D eigenvalue weighted by Crippen LogP contribution is -2.38. The zero-order valence-electron chi connectivity index (χ0n) is 15.3. The third-order valence-electron chi connectivity index (χ3n) is 5.19. The first-order valence-corrected chi connectivity index (χ1v) is 9.21. The summed E-state index contributed by atoms with van der Waals surface area (Å²) in [4.78, 5) is 29.5. The van der Waals surface area contributed by atoms with Crippen molar-refractivity contribution in [3.05, 3.63) is 47.3 Å². The minimum atomic E-state index is -0.121. The molecule has 3 heterocycles. The maximum Gasteiger partial charge on any atom is 0.253 e. The Morgan fingerprint density at radius 2 is 2.11 bits per heavy atom. The van der Waals surface area contributed by atoms with Crippen LogP contribution >= 0.6 is 0 Å². The Labute approximate surface area is 157 Å². The molecular weight excluding hydrogens is 346 g/mol. The molecule has 1 aromatic heterocycles. The fraction of sp³-hybridized carbons (Fsp3) is 0.400. The molecule has 2 amide bonds. The second-order valence-electron chi connectivity index (χ2n) is 6.98. The Hall–Kier alpha value is -2.96. The maximum atomic E-state index is 12.7. The Morgan fingerprint density at radius 3 is 2.96 bits per heavy atom. The number of carbonyl (C=O) groups is 2. The number of nitrogens with zero attached hydrogens (tertiary/aromatic N) is 1. The summed E-state index contributed by atoms with van der Waals surface area (Å²) in [7, 11) is 0. The van der Waals surface area contributed by atoms with E-state index in [-0.39, 0.29) is 24.5 Å². The summed E-state index contributed by atoms with van der Waals surface area (Å²) in [5, 5.41) is 2.97. The van der Waals surface area contributed by atoms with Crippen LogP contribution < -0.4 is 14.8 Å². The number of nitrogens with one attached hydrogen (secondary N) is 2. The molecule has 1 atom stereocenters. The van der Waals surface area contributed by atoms with E-state index < -0.39 is 0 Å². The molecule has 0 saturated carbocycles. The number of hydrogen-bond acceptors (Lipinski definition) is 4. The van der Waals surface area contributed by atoms with E-state index in [1.165, 1.54) is 0 Å². The predicted molar refractivity (Wildman–Crippen MR) is 98.8 cm³/mol. The van der Waals surface area contributed by atoms with E-state index in [0.717, 1.165) is 36.4 Å². The first kappa shape index (κ1) is 17.5. The Bertz CT molecular complexity index is 861. The summed E-state index contributed by atoms with van der Waals surface area (Å²) in [6.07, 6.45) is 3.70. The molecule has 1 aromatic carbocycles. The quantitative estimate of drug-likeness (QED) is 0.867. The van der Waals surface area contributed by atoms with E-state index in [0.29, 0.717) is 24.4 Å². The number of rotatable bonds is 4. The number of amides is 2. The predicted octanol–water partition coefficient (Wildman–Crippen LogP) is 2.40. The van der Waals surface area contributed by atoms with Crippen LogP contribution in [0.2, 0.25) is 0 Å². The highest BCUT2D eigenvalue weighted by molar-refractivity contribution is 5.95. The molecule has 27 heavy (non-hydrogen) atoms. The molecule has 7 heteroatoms. The lowest BCUT2D eigenvalue weighted by atomic mass is 9.92. The van der Waals surface area contributed by atoms with Crippen molar-refractivity contribution in [3.8, 4) is 11.5 Å². The number of aromatic nitrogens is 1. The molecule has 1 fully saturated rings. The van der Waals surface area contributed by atoms with Gasteiger partial charge >= 0.3 is 0 Å². The van der Waals surface area contributed by atoms with Crippen LogP contribution in [0.15, 0.2) is 30.5 Å². The smallest absolute Gasteiger partial charge is 0.253 e. The number of carbonyl (C=O) groups excluding carboxylic acids is 2. The topological polar surface area (TPSA) is 83.7 Å². The Kier molecular flexibility index (Phi) is 4.75. The number of benzene rings is 1. The molecule has 2 aliphatic rings. The van der Waals surface area contributed by atoms with Crippen LogP contribution in [0.5, 0.6) is 11.5 Å². The van der Waals surface area contributed by atoms with Gasteiger partial charge in [-0.25, -0.2) is 0 Å². The first-order valence-electron chi connectivity index (χ1n) is 9.21. The molecule has 0 bridgehead atoms. The summed E-state index contributed by atoms with van der Waals surface area (Å²) in [5.41, 5.74) is 2.50. The largest absolute Gasteiger partial charge is 0.454 e. The van der Waals surface area contributed by atoms with Gasteiger partial charge in [-0.3, -0.25) is 9.59 Å². The van der Waals surface area contributed by atoms with Crippen molar-refractivity contribution in [1.82, 2.24) is 15.2 Å². The first-order chi connectivity index (χ1) is 13.1. The third kappa shape index (κ3) is 3.63. The molecule has 1 saturated heterocycles. The van der Waals surface area contributed by atoms with Gasteiger partial charge in [-0.1, -0.05) is 6.07 Å². The number of ether oxygens (including phenoxy) is 2. The molecule has 0 spiro atoms. The van der Waals surface area contributed by atoms with Gasteiger partial charge in [0.2, 0.25) is 12.7 Å².